The van der Waals surface area contributed by atoms with Gasteiger partial charge in [-0.15, -0.1) is 24.0 Å². The zero-order valence-electron chi connectivity index (χ0n) is 13.4. The normalized spacial score (nSPS) is 10.7. The molecule has 6 nitrogen and oxygen atoms in total. The number of nitrogens with zero attached hydrogens (tertiary/aromatic N) is 1. The van der Waals surface area contributed by atoms with Crippen LogP contribution in [0.15, 0.2) is 29.3 Å². The third kappa shape index (κ3) is 9.62. The first-order valence-electron chi connectivity index (χ1n) is 7.18. The van der Waals surface area contributed by atoms with Crippen molar-refractivity contribution in [2.24, 2.45) is 4.99 Å². The average molecular weight is 455 g/mol. The zero-order valence-corrected chi connectivity index (χ0v) is 16.5. The topological polar surface area (TPSA) is 74.8 Å². The van der Waals surface area contributed by atoms with Crippen molar-refractivity contribution in [3.63, 3.8) is 0 Å². The zero-order chi connectivity index (χ0) is 16.2. The Hall–Kier alpha value is -1.06. The number of hydrogen-bond donors (Lipinski definition) is 3. The van der Waals surface area contributed by atoms with Gasteiger partial charge in [-0.05, 0) is 18.6 Å². The number of guanidine groups is 1. The van der Waals surface area contributed by atoms with Gasteiger partial charge in [0.1, 0.15) is 0 Å². The average Bonchev–Trinajstić information content (AvgIpc) is 2.51. The molecule has 3 N–H and O–H groups in total. The summed E-state index contributed by atoms with van der Waals surface area (Å²) in [6.07, 6.45) is 0. The molecular weight excluding hydrogens is 431 g/mol. The minimum absolute atomic E-state index is 0. The summed E-state index contributed by atoms with van der Waals surface area (Å²) < 4.78 is 4.87. The maximum Gasteiger partial charge on any atom is 0.239 e. The molecule has 0 unspecified atom stereocenters. The predicted octanol–water partition coefficient (Wildman–Crippen LogP) is 1.78. The number of rotatable bonds is 8. The summed E-state index contributed by atoms with van der Waals surface area (Å²) in [7, 11) is 1.59. The maximum absolute atomic E-state index is 11.6. The van der Waals surface area contributed by atoms with Crippen LogP contribution in [-0.2, 0) is 16.1 Å². The second-order valence-corrected chi connectivity index (χ2v) is 4.89. The SMILES string of the molecule is CCNC(=NCc1ccccc1Cl)NCC(=O)NCCOC.I. The molecule has 23 heavy (non-hydrogen) atoms. The number of halogens is 2. The van der Waals surface area contributed by atoms with Gasteiger partial charge in [-0.25, -0.2) is 4.99 Å². The predicted molar refractivity (Wildman–Crippen MR) is 105 cm³/mol. The number of ether oxygens (including phenoxy) is 1. The van der Waals surface area contributed by atoms with E-state index in [2.05, 4.69) is 20.9 Å². The fourth-order valence-electron chi connectivity index (χ4n) is 1.65. The summed E-state index contributed by atoms with van der Waals surface area (Å²) in [5, 5.41) is 9.48. The Morgan fingerprint density at radius 2 is 2.00 bits per heavy atom. The van der Waals surface area contributed by atoms with E-state index in [1.54, 1.807) is 7.11 Å². The van der Waals surface area contributed by atoms with Gasteiger partial charge in [0.05, 0.1) is 19.7 Å². The lowest BCUT2D eigenvalue weighted by Gasteiger charge is -2.11. The van der Waals surface area contributed by atoms with E-state index in [1.807, 2.05) is 31.2 Å². The van der Waals surface area contributed by atoms with Gasteiger partial charge < -0.3 is 20.7 Å². The Labute approximate surface area is 159 Å². The number of hydrogen-bond acceptors (Lipinski definition) is 3. The number of aliphatic imine (C=N–C) groups is 1. The highest BCUT2D eigenvalue weighted by atomic mass is 127. The fraction of sp³-hybridized carbons (Fsp3) is 0.467. The van der Waals surface area contributed by atoms with E-state index in [0.717, 1.165) is 5.56 Å². The van der Waals surface area contributed by atoms with Crippen molar-refractivity contribution in [3.8, 4) is 0 Å². The van der Waals surface area contributed by atoms with Crippen molar-refractivity contribution in [1.29, 1.82) is 0 Å². The van der Waals surface area contributed by atoms with Crippen LogP contribution in [0.2, 0.25) is 5.02 Å². The van der Waals surface area contributed by atoms with E-state index in [4.69, 9.17) is 16.3 Å². The van der Waals surface area contributed by atoms with Crippen molar-refractivity contribution in [1.82, 2.24) is 16.0 Å². The molecule has 1 amide bonds. The highest BCUT2D eigenvalue weighted by Gasteiger charge is 2.04. The molecule has 8 heteroatoms. The summed E-state index contributed by atoms with van der Waals surface area (Å²) in [6.45, 7) is 4.25. The Morgan fingerprint density at radius 3 is 2.65 bits per heavy atom. The monoisotopic (exact) mass is 454 g/mol. The lowest BCUT2D eigenvalue weighted by atomic mass is 10.2. The molecule has 0 saturated heterocycles. The van der Waals surface area contributed by atoms with Gasteiger partial charge in [-0.1, -0.05) is 29.8 Å². The summed E-state index contributed by atoms with van der Waals surface area (Å²) in [5.41, 5.74) is 0.936. The molecule has 0 radical (unpaired) electrons. The van der Waals surface area contributed by atoms with Crippen molar-refractivity contribution < 1.29 is 9.53 Å². The number of benzene rings is 1. The summed E-state index contributed by atoms with van der Waals surface area (Å²) in [5.74, 6) is 0.463. The molecule has 0 spiro atoms. The van der Waals surface area contributed by atoms with E-state index in [-0.39, 0.29) is 36.4 Å². The van der Waals surface area contributed by atoms with Crippen LogP contribution in [0, 0.1) is 0 Å². The molecule has 0 atom stereocenters. The first kappa shape index (κ1) is 21.9. The van der Waals surface area contributed by atoms with Gasteiger partial charge in [-0.3, -0.25) is 4.79 Å². The van der Waals surface area contributed by atoms with Crippen molar-refractivity contribution in [2.75, 3.05) is 33.4 Å². The molecule has 0 saturated carbocycles. The molecule has 1 aromatic carbocycles. The minimum atomic E-state index is -0.111. The smallest absolute Gasteiger partial charge is 0.239 e. The standard InChI is InChI=1S/C15H23ClN4O2.HI/c1-3-17-15(20-11-14(21)18-8-9-22-2)19-10-12-6-4-5-7-13(12)16;/h4-7H,3,8-11H2,1-2H3,(H,18,21)(H2,17,19,20);1H. The molecular formula is C15H24ClIN4O2. The summed E-state index contributed by atoms with van der Waals surface area (Å²) in [6, 6.07) is 7.55. The minimum Gasteiger partial charge on any atom is -0.383 e. The largest absolute Gasteiger partial charge is 0.383 e. The van der Waals surface area contributed by atoms with Gasteiger partial charge in [0.25, 0.3) is 0 Å². The van der Waals surface area contributed by atoms with E-state index >= 15 is 0 Å². The van der Waals surface area contributed by atoms with Crippen LogP contribution in [0.5, 0.6) is 0 Å². The number of carbonyl (C=O) groups excluding carboxylic acids is 1. The Balaban J connectivity index is 0.00000484. The first-order valence-corrected chi connectivity index (χ1v) is 7.56. The fourth-order valence-corrected chi connectivity index (χ4v) is 1.85. The van der Waals surface area contributed by atoms with Gasteiger partial charge >= 0.3 is 0 Å². The van der Waals surface area contributed by atoms with Gasteiger partial charge in [0, 0.05) is 25.2 Å². The van der Waals surface area contributed by atoms with E-state index in [0.29, 0.717) is 37.2 Å². The van der Waals surface area contributed by atoms with Crippen LogP contribution in [0.3, 0.4) is 0 Å². The van der Waals surface area contributed by atoms with Crippen LogP contribution >= 0.6 is 35.6 Å². The first-order chi connectivity index (χ1) is 10.7. The van der Waals surface area contributed by atoms with E-state index in [1.165, 1.54) is 0 Å². The van der Waals surface area contributed by atoms with Crippen molar-refractivity contribution in [3.05, 3.63) is 34.9 Å². The highest BCUT2D eigenvalue weighted by Crippen LogP contribution is 2.15. The number of amides is 1. The lowest BCUT2D eigenvalue weighted by molar-refractivity contribution is -0.120. The van der Waals surface area contributed by atoms with Gasteiger partial charge in [0.15, 0.2) is 5.96 Å². The molecule has 0 heterocycles. The number of carbonyl (C=O) groups is 1. The van der Waals surface area contributed by atoms with Gasteiger partial charge in [0.2, 0.25) is 5.91 Å². The Bertz CT molecular complexity index is 500. The van der Waals surface area contributed by atoms with E-state index in [9.17, 15) is 4.79 Å². The molecule has 0 aliphatic heterocycles. The molecule has 0 aliphatic rings. The number of nitrogens with one attached hydrogen (secondary N) is 3. The second-order valence-electron chi connectivity index (χ2n) is 4.48. The highest BCUT2D eigenvalue weighted by molar-refractivity contribution is 14.0. The third-order valence-electron chi connectivity index (χ3n) is 2.75. The van der Waals surface area contributed by atoms with Crippen LogP contribution in [0.4, 0.5) is 0 Å². The molecule has 1 aromatic rings. The van der Waals surface area contributed by atoms with Crippen LogP contribution in [0.1, 0.15) is 12.5 Å². The number of methoxy groups -OCH3 is 1. The third-order valence-corrected chi connectivity index (χ3v) is 3.12. The molecule has 1 rings (SSSR count). The molecule has 0 aliphatic carbocycles. The second kappa shape index (κ2) is 13.4. The Morgan fingerprint density at radius 1 is 1.26 bits per heavy atom. The van der Waals surface area contributed by atoms with Crippen LogP contribution in [-0.4, -0.2) is 45.2 Å². The van der Waals surface area contributed by atoms with Crippen LogP contribution in [0.25, 0.3) is 0 Å². The molecule has 0 bridgehead atoms. The van der Waals surface area contributed by atoms with Gasteiger partial charge in [-0.2, -0.15) is 0 Å². The van der Waals surface area contributed by atoms with Crippen molar-refractivity contribution >= 4 is 47.4 Å². The summed E-state index contributed by atoms with van der Waals surface area (Å²) >= 11 is 6.10. The van der Waals surface area contributed by atoms with E-state index < -0.39 is 0 Å². The lowest BCUT2D eigenvalue weighted by Crippen LogP contribution is -2.43. The van der Waals surface area contributed by atoms with Crippen LogP contribution < -0.4 is 16.0 Å². The maximum atomic E-state index is 11.6. The molecule has 130 valence electrons. The van der Waals surface area contributed by atoms with Crippen molar-refractivity contribution in [2.45, 2.75) is 13.5 Å². The molecule has 0 fully saturated rings. The Kier molecular flexibility index (Phi) is 12.8. The molecule has 0 aromatic heterocycles. The quantitative estimate of drug-likeness (QED) is 0.242. The summed E-state index contributed by atoms with van der Waals surface area (Å²) in [4.78, 5) is 16.0.